The van der Waals surface area contributed by atoms with Gasteiger partial charge in [-0.3, -0.25) is 0 Å². The largest absolute Gasteiger partial charge is 0.574 e. The Kier molecular flexibility index (Phi) is 4.21. The molecule has 1 aromatic rings. The fourth-order valence-electron chi connectivity index (χ4n) is 0.950. The maximum absolute atomic E-state index is 12.0. The van der Waals surface area contributed by atoms with E-state index in [1.54, 1.807) is 13.0 Å². The second-order valence-electron chi connectivity index (χ2n) is 2.72. The smallest absolute Gasteiger partial charge is 0.388 e. The minimum Gasteiger partial charge on any atom is -0.388 e. The van der Waals surface area contributed by atoms with E-state index in [9.17, 15) is 13.2 Å². The summed E-state index contributed by atoms with van der Waals surface area (Å²) in [6, 6.07) is 1.70. The molecule has 0 aliphatic heterocycles. The van der Waals surface area contributed by atoms with Crippen molar-refractivity contribution in [2.75, 3.05) is 0 Å². The molecule has 0 atom stereocenters. The van der Waals surface area contributed by atoms with Crippen LogP contribution in [0.4, 0.5) is 13.2 Å². The highest BCUT2D eigenvalue weighted by Gasteiger charge is 2.32. The topological polar surface area (TPSA) is 22.1 Å². The Balaban J connectivity index is 3.12. The zero-order chi connectivity index (χ0) is 11.6. The maximum Gasteiger partial charge on any atom is 0.574 e. The van der Waals surface area contributed by atoms with Crippen LogP contribution in [0, 0.1) is 10.6 Å². The van der Waals surface area contributed by atoms with Gasteiger partial charge in [-0.25, -0.2) is 4.98 Å². The van der Waals surface area contributed by atoms with E-state index in [4.69, 9.17) is 0 Å². The highest BCUT2D eigenvalue weighted by molar-refractivity contribution is 14.1. The Morgan fingerprint density at radius 1 is 1.53 bits per heavy atom. The zero-order valence-corrected chi connectivity index (χ0v) is 11.3. The van der Waals surface area contributed by atoms with E-state index in [1.807, 2.05) is 22.6 Å². The van der Waals surface area contributed by atoms with Crippen LogP contribution in [0.1, 0.15) is 11.1 Å². The second kappa shape index (κ2) is 4.86. The number of pyridine rings is 1. The number of ether oxygens (including phenoxy) is 1. The van der Waals surface area contributed by atoms with Gasteiger partial charge in [0.25, 0.3) is 0 Å². The molecule has 0 saturated carbocycles. The summed E-state index contributed by atoms with van der Waals surface area (Å²) >= 11 is 5.03. The van der Waals surface area contributed by atoms with Crippen molar-refractivity contribution in [3.63, 3.8) is 0 Å². The molecule has 0 aromatic carbocycles. The molecule has 0 amide bonds. The molecule has 0 unspecified atom stereocenters. The summed E-state index contributed by atoms with van der Waals surface area (Å²) < 4.78 is 40.3. The standard InChI is InChI=1S/C8H6BrF3INO/c1-4-5(3-9)2-6(13)14-7(4)15-8(10,11)12/h2H,3H2,1H3. The maximum atomic E-state index is 12.0. The van der Waals surface area contributed by atoms with Gasteiger partial charge in [0.15, 0.2) is 0 Å². The van der Waals surface area contributed by atoms with Crippen LogP contribution in [0.15, 0.2) is 6.07 Å². The molecular formula is C8H6BrF3INO. The highest BCUT2D eigenvalue weighted by atomic mass is 127. The number of aromatic nitrogens is 1. The molecule has 0 N–H and O–H groups in total. The summed E-state index contributed by atoms with van der Waals surface area (Å²) in [5.41, 5.74) is 1.12. The molecule has 0 spiro atoms. The van der Waals surface area contributed by atoms with Gasteiger partial charge in [-0.1, -0.05) is 15.9 Å². The van der Waals surface area contributed by atoms with Crippen molar-refractivity contribution in [3.8, 4) is 5.88 Å². The molecular weight excluding hydrogens is 390 g/mol. The van der Waals surface area contributed by atoms with Crippen molar-refractivity contribution in [1.82, 2.24) is 4.98 Å². The van der Waals surface area contributed by atoms with Crippen molar-refractivity contribution in [2.45, 2.75) is 18.6 Å². The van der Waals surface area contributed by atoms with Crippen LogP contribution in [-0.2, 0) is 5.33 Å². The van der Waals surface area contributed by atoms with Crippen LogP contribution >= 0.6 is 38.5 Å². The van der Waals surface area contributed by atoms with Gasteiger partial charge in [0, 0.05) is 10.9 Å². The van der Waals surface area contributed by atoms with E-state index in [0.29, 0.717) is 14.6 Å². The number of rotatable bonds is 2. The SMILES string of the molecule is Cc1c(CBr)cc(I)nc1OC(F)(F)F. The third-order valence-corrected chi connectivity index (χ3v) is 2.82. The Hall–Kier alpha value is -0.0500. The molecule has 0 fully saturated rings. The summed E-state index contributed by atoms with van der Waals surface area (Å²) in [7, 11) is 0. The van der Waals surface area contributed by atoms with Crippen LogP contribution in [-0.4, -0.2) is 11.3 Å². The van der Waals surface area contributed by atoms with Gasteiger partial charge >= 0.3 is 6.36 Å². The van der Waals surface area contributed by atoms with E-state index < -0.39 is 6.36 Å². The lowest BCUT2D eigenvalue weighted by molar-refractivity contribution is -0.276. The fourth-order valence-corrected chi connectivity index (χ4v) is 2.13. The number of hydrogen-bond acceptors (Lipinski definition) is 2. The van der Waals surface area contributed by atoms with Gasteiger partial charge in [-0.05, 0) is 41.1 Å². The predicted molar refractivity (Wildman–Crippen MR) is 61.0 cm³/mol. The van der Waals surface area contributed by atoms with E-state index in [2.05, 4.69) is 25.7 Å². The van der Waals surface area contributed by atoms with Crippen molar-refractivity contribution in [2.24, 2.45) is 0 Å². The molecule has 0 aliphatic rings. The first-order chi connectivity index (χ1) is 6.83. The first-order valence-electron chi connectivity index (χ1n) is 3.81. The molecule has 0 radical (unpaired) electrons. The van der Waals surface area contributed by atoms with Crippen LogP contribution in [0.5, 0.6) is 5.88 Å². The fraction of sp³-hybridized carbons (Fsp3) is 0.375. The Morgan fingerprint density at radius 2 is 2.13 bits per heavy atom. The third kappa shape index (κ3) is 3.78. The lowest BCUT2D eigenvalue weighted by atomic mass is 10.2. The first-order valence-corrected chi connectivity index (χ1v) is 6.01. The molecule has 0 saturated heterocycles. The first kappa shape index (κ1) is 13.0. The minimum atomic E-state index is -4.70. The van der Waals surface area contributed by atoms with Gasteiger partial charge in [0.2, 0.25) is 5.88 Å². The Morgan fingerprint density at radius 3 is 2.60 bits per heavy atom. The Bertz CT molecular complexity index is 370. The molecule has 0 bridgehead atoms. The van der Waals surface area contributed by atoms with Gasteiger partial charge in [0.1, 0.15) is 3.70 Å². The van der Waals surface area contributed by atoms with Gasteiger partial charge in [-0.2, -0.15) is 0 Å². The molecule has 2 nitrogen and oxygen atoms in total. The molecule has 0 aliphatic carbocycles. The minimum absolute atomic E-state index is 0.385. The summed E-state index contributed by atoms with van der Waals surface area (Å²) in [5, 5.41) is 0.464. The summed E-state index contributed by atoms with van der Waals surface area (Å²) in [5.74, 6) is -0.385. The average molecular weight is 396 g/mol. The highest BCUT2D eigenvalue weighted by Crippen LogP contribution is 2.28. The van der Waals surface area contributed by atoms with E-state index in [0.717, 1.165) is 5.56 Å². The van der Waals surface area contributed by atoms with Crippen molar-refractivity contribution >= 4 is 38.5 Å². The van der Waals surface area contributed by atoms with Crippen LogP contribution in [0.2, 0.25) is 0 Å². The lowest BCUT2D eigenvalue weighted by Gasteiger charge is -2.12. The summed E-state index contributed by atoms with van der Waals surface area (Å²) in [4.78, 5) is 3.69. The molecule has 1 rings (SSSR count). The molecule has 84 valence electrons. The quantitative estimate of drug-likeness (QED) is 0.432. The monoisotopic (exact) mass is 395 g/mol. The van der Waals surface area contributed by atoms with E-state index >= 15 is 0 Å². The number of hydrogen-bond donors (Lipinski definition) is 0. The van der Waals surface area contributed by atoms with E-state index in [-0.39, 0.29) is 5.88 Å². The number of halogens is 5. The zero-order valence-electron chi connectivity index (χ0n) is 7.53. The average Bonchev–Trinajstić information content (AvgIpc) is 2.08. The molecule has 1 heterocycles. The van der Waals surface area contributed by atoms with Crippen molar-refractivity contribution in [1.29, 1.82) is 0 Å². The number of alkyl halides is 4. The predicted octanol–water partition coefficient (Wildman–Crippen LogP) is 3.79. The summed E-state index contributed by atoms with van der Waals surface area (Å²) in [6.07, 6.45) is -4.70. The van der Waals surface area contributed by atoms with Gasteiger partial charge < -0.3 is 4.74 Å². The second-order valence-corrected chi connectivity index (χ2v) is 4.38. The molecule has 7 heteroatoms. The van der Waals surface area contributed by atoms with E-state index in [1.165, 1.54) is 0 Å². The van der Waals surface area contributed by atoms with Gasteiger partial charge in [-0.15, -0.1) is 13.2 Å². The van der Waals surface area contributed by atoms with Crippen LogP contribution < -0.4 is 4.74 Å². The lowest BCUT2D eigenvalue weighted by Crippen LogP contribution is -2.19. The third-order valence-electron chi connectivity index (χ3n) is 1.66. The van der Waals surface area contributed by atoms with Crippen LogP contribution in [0.3, 0.4) is 0 Å². The Labute approximate surface area is 106 Å². The molecule has 1 aromatic heterocycles. The molecule has 15 heavy (non-hydrogen) atoms. The van der Waals surface area contributed by atoms with Crippen molar-refractivity contribution < 1.29 is 17.9 Å². The van der Waals surface area contributed by atoms with Crippen LogP contribution in [0.25, 0.3) is 0 Å². The van der Waals surface area contributed by atoms with Crippen molar-refractivity contribution in [3.05, 3.63) is 20.9 Å². The normalized spacial score (nSPS) is 11.6. The number of nitrogens with zero attached hydrogens (tertiary/aromatic N) is 1. The summed E-state index contributed by atoms with van der Waals surface area (Å²) in [6.45, 7) is 1.54. The van der Waals surface area contributed by atoms with Gasteiger partial charge in [0.05, 0.1) is 0 Å².